The van der Waals surface area contributed by atoms with Crippen molar-refractivity contribution in [3.63, 3.8) is 0 Å². The standard InChI is InChI=1S/C19H24N4O.C2HF3O2/c1-21-13-16(12-20-21)14-22-10-5-8-19(15-22)9-11-23(18(19)24)17-6-3-2-4-7-17;3-2(4,5)1(6)7/h2-4,6-7,12-13H,5,8-11,14-15H2,1H3;(H,6,7). The molecular weight excluding hydrogens is 413 g/mol. The van der Waals surface area contributed by atoms with Gasteiger partial charge in [0.05, 0.1) is 11.6 Å². The van der Waals surface area contributed by atoms with Gasteiger partial charge in [-0.25, -0.2) is 4.79 Å². The lowest BCUT2D eigenvalue weighted by Gasteiger charge is -2.38. The Bertz CT molecular complexity index is 916. The molecule has 1 amide bonds. The number of anilines is 1. The molecule has 1 unspecified atom stereocenters. The molecule has 0 aliphatic carbocycles. The Morgan fingerprint density at radius 1 is 1.19 bits per heavy atom. The number of rotatable bonds is 3. The number of likely N-dealkylation sites (tertiary alicyclic amines) is 1. The van der Waals surface area contributed by atoms with Crippen molar-refractivity contribution in [1.29, 1.82) is 0 Å². The first kappa shape index (κ1) is 22.8. The topological polar surface area (TPSA) is 78.7 Å². The van der Waals surface area contributed by atoms with Gasteiger partial charge in [0.2, 0.25) is 5.91 Å². The minimum absolute atomic E-state index is 0.198. The van der Waals surface area contributed by atoms with Crippen LogP contribution in [-0.4, -0.2) is 57.5 Å². The van der Waals surface area contributed by atoms with E-state index >= 15 is 0 Å². The first-order valence-corrected chi connectivity index (χ1v) is 9.98. The third kappa shape index (κ3) is 5.43. The van der Waals surface area contributed by atoms with Crippen molar-refractivity contribution in [2.24, 2.45) is 12.5 Å². The lowest BCUT2D eigenvalue weighted by molar-refractivity contribution is -0.192. The van der Waals surface area contributed by atoms with E-state index in [2.05, 4.69) is 16.2 Å². The summed E-state index contributed by atoms with van der Waals surface area (Å²) in [6.07, 6.45) is 1.97. The van der Waals surface area contributed by atoms with Crippen LogP contribution >= 0.6 is 0 Å². The Morgan fingerprint density at radius 2 is 1.87 bits per heavy atom. The van der Waals surface area contributed by atoms with E-state index in [1.807, 2.05) is 53.2 Å². The van der Waals surface area contributed by atoms with Gasteiger partial charge in [-0.05, 0) is 37.9 Å². The van der Waals surface area contributed by atoms with Gasteiger partial charge in [-0.1, -0.05) is 18.2 Å². The molecule has 4 rings (SSSR count). The molecule has 0 bridgehead atoms. The van der Waals surface area contributed by atoms with E-state index in [0.717, 1.165) is 51.1 Å². The van der Waals surface area contributed by atoms with Crippen LogP contribution in [0.15, 0.2) is 42.7 Å². The van der Waals surface area contributed by atoms with E-state index in [4.69, 9.17) is 9.90 Å². The molecule has 2 aliphatic heterocycles. The maximum atomic E-state index is 13.2. The number of para-hydroxylation sites is 1. The number of carbonyl (C=O) groups is 2. The second kappa shape index (κ2) is 9.09. The lowest BCUT2D eigenvalue weighted by Crippen LogP contribution is -2.47. The van der Waals surface area contributed by atoms with Gasteiger partial charge in [-0.2, -0.15) is 18.3 Å². The fourth-order valence-corrected chi connectivity index (χ4v) is 4.23. The number of aliphatic carboxylic acids is 1. The predicted octanol–water partition coefficient (Wildman–Crippen LogP) is 3.07. The molecule has 2 aliphatic rings. The van der Waals surface area contributed by atoms with Crippen LogP contribution in [0.3, 0.4) is 0 Å². The Hall–Kier alpha value is -2.88. The third-order valence-electron chi connectivity index (χ3n) is 5.64. The van der Waals surface area contributed by atoms with Crippen LogP contribution in [0, 0.1) is 5.41 Å². The third-order valence-corrected chi connectivity index (χ3v) is 5.64. The number of carboxylic acid groups (broad SMARTS) is 1. The zero-order chi connectivity index (χ0) is 22.6. The zero-order valence-electron chi connectivity index (χ0n) is 17.2. The maximum Gasteiger partial charge on any atom is 0.490 e. The summed E-state index contributed by atoms with van der Waals surface area (Å²) >= 11 is 0. The van der Waals surface area contributed by atoms with Gasteiger partial charge in [-0.15, -0.1) is 0 Å². The van der Waals surface area contributed by atoms with Gasteiger partial charge in [0.1, 0.15) is 0 Å². The summed E-state index contributed by atoms with van der Waals surface area (Å²) in [5.74, 6) is -2.45. The summed E-state index contributed by atoms with van der Waals surface area (Å²) in [4.78, 5) is 26.5. The molecule has 7 nitrogen and oxygen atoms in total. The number of aryl methyl sites for hydroxylation is 1. The molecule has 2 fully saturated rings. The molecular formula is C21H25F3N4O3. The number of nitrogens with zero attached hydrogens (tertiary/aromatic N) is 4. The van der Waals surface area contributed by atoms with Crippen LogP contribution in [-0.2, 0) is 23.2 Å². The highest BCUT2D eigenvalue weighted by Crippen LogP contribution is 2.42. The maximum absolute atomic E-state index is 13.2. The Labute approximate surface area is 178 Å². The van der Waals surface area contributed by atoms with E-state index in [1.165, 1.54) is 5.56 Å². The molecule has 2 saturated heterocycles. The van der Waals surface area contributed by atoms with Gasteiger partial charge < -0.3 is 10.0 Å². The van der Waals surface area contributed by atoms with E-state index in [-0.39, 0.29) is 5.41 Å². The lowest BCUT2D eigenvalue weighted by atomic mass is 9.78. The molecule has 0 radical (unpaired) electrons. The average molecular weight is 438 g/mol. The van der Waals surface area contributed by atoms with Gasteiger partial charge in [0.15, 0.2) is 0 Å². The Morgan fingerprint density at radius 3 is 2.45 bits per heavy atom. The number of hydrogen-bond donors (Lipinski definition) is 1. The van der Waals surface area contributed by atoms with Crippen LogP contribution in [0.4, 0.5) is 18.9 Å². The quantitative estimate of drug-likeness (QED) is 0.797. The summed E-state index contributed by atoms with van der Waals surface area (Å²) in [5.41, 5.74) is 2.06. The van der Waals surface area contributed by atoms with Gasteiger partial charge in [0.25, 0.3) is 0 Å². The molecule has 1 aromatic carbocycles. The molecule has 1 atom stereocenters. The normalized spacial score (nSPS) is 21.8. The van der Waals surface area contributed by atoms with Crippen LogP contribution in [0.1, 0.15) is 24.8 Å². The van der Waals surface area contributed by atoms with Gasteiger partial charge >= 0.3 is 12.1 Å². The molecule has 10 heteroatoms. The average Bonchev–Trinajstić information content (AvgIpc) is 3.26. The van der Waals surface area contributed by atoms with E-state index in [1.54, 1.807) is 0 Å². The van der Waals surface area contributed by atoms with Crippen molar-refractivity contribution in [2.45, 2.75) is 32.0 Å². The largest absolute Gasteiger partial charge is 0.490 e. The number of alkyl halides is 3. The highest BCUT2D eigenvalue weighted by Gasteiger charge is 2.49. The van der Waals surface area contributed by atoms with Crippen molar-refractivity contribution in [3.8, 4) is 0 Å². The number of carbonyl (C=O) groups excluding carboxylic acids is 1. The summed E-state index contributed by atoms with van der Waals surface area (Å²) in [7, 11) is 1.94. The fraction of sp³-hybridized carbons (Fsp3) is 0.476. The number of piperidine rings is 1. The highest BCUT2D eigenvalue weighted by molar-refractivity contribution is 6.00. The fourth-order valence-electron chi connectivity index (χ4n) is 4.23. The molecule has 168 valence electrons. The second-order valence-electron chi connectivity index (χ2n) is 7.96. The smallest absolute Gasteiger partial charge is 0.475 e. The summed E-state index contributed by atoms with van der Waals surface area (Å²) in [6.45, 7) is 3.65. The van der Waals surface area contributed by atoms with Crippen molar-refractivity contribution in [1.82, 2.24) is 14.7 Å². The number of halogens is 3. The number of benzene rings is 1. The number of hydrogen-bond acceptors (Lipinski definition) is 4. The summed E-state index contributed by atoms with van der Waals surface area (Å²) in [6, 6.07) is 10.1. The molecule has 0 saturated carbocycles. The SMILES string of the molecule is Cn1cc(CN2CCCC3(CCN(c4ccccc4)C3=O)C2)cn1.O=C(O)C(F)(F)F. The van der Waals surface area contributed by atoms with E-state index in [0.29, 0.717) is 5.91 Å². The number of amides is 1. The summed E-state index contributed by atoms with van der Waals surface area (Å²) in [5, 5.41) is 11.4. The number of aromatic nitrogens is 2. The molecule has 3 heterocycles. The summed E-state index contributed by atoms with van der Waals surface area (Å²) < 4.78 is 33.6. The predicted molar refractivity (Wildman–Crippen MR) is 107 cm³/mol. The highest BCUT2D eigenvalue weighted by atomic mass is 19.4. The van der Waals surface area contributed by atoms with Crippen molar-refractivity contribution >= 4 is 17.6 Å². The van der Waals surface area contributed by atoms with E-state index in [9.17, 15) is 18.0 Å². The minimum atomic E-state index is -5.08. The van der Waals surface area contributed by atoms with Crippen molar-refractivity contribution in [3.05, 3.63) is 48.3 Å². The van der Waals surface area contributed by atoms with Crippen molar-refractivity contribution in [2.75, 3.05) is 24.5 Å². The monoisotopic (exact) mass is 438 g/mol. The molecule has 2 aromatic rings. The Kier molecular flexibility index (Phi) is 6.68. The van der Waals surface area contributed by atoms with Crippen LogP contribution in [0.25, 0.3) is 0 Å². The van der Waals surface area contributed by atoms with Crippen LogP contribution in [0.5, 0.6) is 0 Å². The van der Waals surface area contributed by atoms with E-state index < -0.39 is 12.1 Å². The Balaban J connectivity index is 0.000000339. The zero-order valence-corrected chi connectivity index (χ0v) is 17.2. The molecule has 31 heavy (non-hydrogen) atoms. The molecule has 1 aromatic heterocycles. The minimum Gasteiger partial charge on any atom is -0.475 e. The number of carboxylic acids is 1. The first-order valence-electron chi connectivity index (χ1n) is 9.98. The van der Waals surface area contributed by atoms with Gasteiger partial charge in [-0.3, -0.25) is 14.4 Å². The van der Waals surface area contributed by atoms with Gasteiger partial charge in [0, 0.05) is 44.1 Å². The second-order valence-corrected chi connectivity index (χ2v) is 7.96. The van der Waals surface area contributed by atoms with Crippen molar-refractivity contribution < 1.29 is 27.9 Å². The molecule has 1 N–H and O–H groups in total. The molecule has 1 spiro atoms. The van der Waals surface area contributed by atoms with Crippen LogP contribution < -0.4 is 4.90 Å². The first-order chi connectivity index (χ1) is 14.6. The van der Waals surface area contributed by atoms with Crippen LogP contribution in [0.2, 0.25) is 0 Å².